The number of methoxy groups -OCH3 is 1. The highest BCUT2D eigenvalue weighted by Crippen LogP contribution is 2.18. The van der Waals surface area contributed by atoms with Gasteiger partial charge in [0.1, 0.15) is 0 Å². The van der Waals surface area contributed by atoms with E-state index in [2.05, 4.69) is 9.46 Å². The number of esters is 1. The molecule has 0 radical (unpaired) electrons. The standard InChI is InChI=1S/C14H14N2O4S/c1-20-14(17)10-3-2-4-13(9-10)21(18,19)16-12-7-5-11(15)6-8-12/h2-9,16H,15H2,1H3. The Labute approximate surface area is 122 Å². The van der Waals surface area contributed by atoms with Gasteiger partial charge in [0.25, 0.3) is 10.0 Å². The SMILES string of the molecule is COC(=O)c1cccc(S(=O)(=O)Nc2ccc(N)cc2)c1. The molecule has 0 atom stereocenters. The molecular weight excluding hydrogens is 292 g/mol. The minimum Gasteiger partial charge on any atom is -0.465 e. The summed E-state index contributed by atoms with van der Waals surface area (Å²) in [5, 5.41) is 0. The van der Waals surface area contributed by atoms with E-state index in [9.17, 15) is 13.2 Å². The van der Waals surface area contributed by atoms with Crippen molar-refractivity contribution in [2.75, 3.05) is 17.6 Å². The van der Waals surface area contributed by atoms with Crippen LogP contribution in [0.1, 0.15) is 10.4 Å². The fourth-order valence-electron chi connectivity index (χ4n) is 1.67. The summed E-state index contributed by atoms with van der Waals surface area (Å²) in [5.41, 5.74) is 6.62. The first-order valence-corrected chi connectivity index (χ1v) is 7.47. The minimum absolute atomic E-state index is 0.0257. The quantitative estimate of drug-likeness (QED) is 0.663. The van der Waals surface area contributed by atoms with Gasteiger partial charge in [0.15, 0.2) is 0 Å². The molecule has 0 bridgehead atoms. The number of carbonyl (C=O) groups excluding carboxylic acids is 1. The molecule has 0 saturated heterocycles. The highest BCUT2D eigenvalue weighted by Gasteiger charge is 2.16. The molecule has 0 fully saturated rings. The maximum Gasteiger partial charge on any atom is 0.337 e. The van der Waals surface area contributed by atoms with E-state index in [1.54, 1.807) is 24.3 Å². The summed E-state index contributed by atoms with van der Waals surface area (Å²) in [5.74, 6) is -0.598. The number of hydrogen-bond donors (Lipinski definition) is 2. The van der Waals surface area contributed by atoms with Crippen LogP contribution in [0.25, 0.3) is 0 Å². The Morgan fingerprint density at radius 2 is 1.81 bits per heavy atom. The van der Waals surface area contributed by atoms with Crippen molar-refractivity contribution < 1.29 is 17.9 Å². The van der Waals surface area contributed by atoms with Crippen LogP contribution in [0, 0.1) is 0 Å². The molecule has 110 valence electrons. The predicted molar refractivity (Wildman–Crippen MR) is 79.4 cm³/mol. The second-order valence-electron chi connectivity index (χ2n) is 4.25. The van der Waals surface area contributed by atoms with E-state index in [0.29, 0.717) is 11.4 Å². The van der Waals surface area contributed by atoms with E-state index in [0.717, 1.165) is 0 Å². The lowest BCUT2D eigenvalue weighted by Gasteiger charge is -2.09. The van der Waals surface area contributed by atoms with E-state index in [-0.39, 0.29) is 10.5 Å². The highest BCUT2D eigenvalue weighted by atomic mass is 32.2. The number of rotatable bonds is 4. The van der Waals surface area contributed by atoms with Crippen LogP contribution in [-0.4, -0.2) is 21.5 Å². The second-order valence-corrected chi connectivity index (χ2v) is 5.93. The summed E-state index contributed by atoms with van der Waals surface area (Å²) in [6, 6.07) is 11.9. The Kier molecular flexibility index (Phi) is 4.13. The molecule has 2 aromatic rings. The number of nitrogens with one attached hydrogen (secondary N) is 1. The first kappa shape index (κ1) is 14.9. The van der Waals surface area contributed by atoms with Crippen molar-refractivity contribution in [1.29, 1.82) is 0 Å². The van der Waals surface area contributed by atoms with E-state index in [4.69, 9.17) is 5.73 Å². The Morgan fingerprint density at radius 1 is 1.14 bits per heavy atom. The lowest BCUT2D eigenvalue weighted by Crippen LogP contribution is -2.14. The Morgan fingerprint density at radius 3 is 2.43 bits per heavy atom. The third-order valence-corrected chi connectivity index (χ3v) is 4.11. The van der Waals surface area contributed by atoms with Crippen LogP contribution >= 0.6 is 0 Å². The number of nitrogens with two attached hydrogens (primary N) is 1. The van der Waals surface area contributed by atoms with Crippen molar-refractivity contribution in [3.05, 3.63) is 54.1 Å². The number of carbonyl (C=O) groups is 1. The Bertz CT molecular complexity index is 755. The molecule has 0 aromatic heterocycles. The van der Waals surface area contributed by atoms with Crippen LogP contribution in [0.4, 0.5) is 11.4 Å². The van der Waals surface area contributed by atoms with Gasteiger partial charge >= 0.3 is 5.97 Å². The molecule has 0 aliphatic heterocycles. The summed E-state index contributed by atoms with van der Waals surface area (Å²) < 4.78 is 31.5. The monoisotopic (exact) mass is 306 g/mol. The van der Waals surface area contributed by atoms with E-state index < -0.39 is 16.0 Å². The molecule has 7 heteroatoms. The fourth-order valence-corrected chi connectivity index (χ4v) is 2.78. The third-order valence-electron chi connectivity index (χ3n) is 2.73. The summed E-state index contributed by atoms with van der Waals surface area (Å²) in [6.07, 6.45) is 0. The van der Waals surface area contributed by atoms with E-state index in [1.165, 1.54) is 31.4 Å². The molecule has 0 aliphatic carbocycles. The molecule has 0 saturated carbocycles. The summed E-state index contributed by atoms with van der Waals surface area (Å²) in [7, 11) is -2.56. The zero-order chi connectivity index (χ0) is 15.5. The van der Waals surface area contributed by atoms with Crippen molar-refractivity contribution in [2.24, 2.45) is 0 Å². The lowest BCUT2D eigenvalue weighted by molar-refractivity contribution is 0.0600. The second kappa shape index (κ2) is 5.84. The number of benzene rings is 2. The Hall–Kier alpha value is -2.54. The molecule has 0 heterocycles. The van der Waals surface area contributed by atoms with Crippen molar-refractivity contribution >= 4 is 27.4 Å². The van der Waals surface area contributed by atoms with Crippen molar-refractivity contribution in [3.63, 3.8) is 0 Å². The number of sulfonamides is 1. The van der Waals surface area contributed by atoms with Gasteiger partial charge in [-0.3, -0.25) is 4.72 Å². The largest absolute Gasteiger partial charge is 0.465 e. The molecule has 0 unspecified atom stereocenters. The fraction of sp³-hybridized carbons (Fsp3) is 0.0714. The van der Waals surface area contributed by atoms with Gasteiger partial charge in [-0.05, 0) is 42.5 Å². The topological polar surface area (TPSA) is 98.5 Å². The van der Waals surface area contributed by atoms with Gasteiger partial charge in [0, 0.05) is 11.4 Å². The number of nitrogen functional groups attached to an aromatic ring is 1. The average Bonchev–Trinajstić information content (AvgIpc) is 2.49. The van der Waals surface area contributed by atoms with E-state index in [1.807, 2.05) is 0 Å². The molecule has 21 heavy (non-hydrogen) atoms. The van der Waals surface area contributed by atoms with Crippen molar-refractivity contribution in [2.45, 2.75) is 4.90 Å². The molecule has 0 aliphatic rings. The highest BCUT2D eigenvalue weighted by molar-refractivity contribution is 7.92. The molecule has 2 aromatic carbocycles. The smallest absolute Gasteiger partial charge is 0.337 e. The van der Waals surface area contributed by atoms with Crippen LogP contribution < -0.4 is 10.5 Å². The zero-order valence-electron chi connectivity index (χ0n) is 11.2. The molecule has 6 nitrogen and oxygen atoms in total. The molecule has 0 spiro atoms. The summed E-state index contributed by atoms with van der Waals surface area (Å²) >= 11 is 0. The van der Waals surface area contributed by atoms with Crippen molar-refractivity contribution in [3.8, 4) is 0 Å². The molecule has 2 rings (SSSR count). The van der Waals surface area contributed by atoms with Gasteiger partial charge in [0.05, 0.1) is 17.6 Å². The van der Waals surface area contributed by atoms with Crippen LogP contribution in [0.2, 0.25) is 0 Å². The first-order chi connectivity index (χ1) is 9.92. The lowest BCUT2D eigenvalue weighted by atomic mass is 10.2. The van der Waals surface area contributed by atoms with Gasteiger partial charge in [-0.25, -0.2) is 13.2 Å². The van der Waals surface area contributed by atoms with Gasteiger partial charge < -0.3 is 10.5 Å². The molecule has 0 amide bonds. The normalized spacial score (nSPS) is 10.9. The van der Waals surface area contributed by atoms with Gasteiger partial charge in [-0.15, -0.1) is 0 Å². The molecular formula is C14H14N2O4S. The molecule has 3 N–H and O–H groups in total. The van der Waals surface area contributed by atoms with Gasteiger partial charge in [-0.2, -0.15) is 0 Å². The Balaban J connectivity index is 2.31. The minimum atomic E-state index is -3.79. The summed E-state index contributed by atoms with van der Waals surface area (Å²) in [6.45, 7) is 0. The maximum absolute atomic E-state index is 12.3. The van der Waals surface area contributed by atoms with Gasteiger partial charge in [0.2, 0.25) is 0 Å². The van der Waals surface area contributed by atoms with Crippen molar-refractivity contribution in [1.82, 2.24) is 0 Å². The average molecular weight is 306 g/mol. The summed E-state index contributed by atoms with van der Waals surface area (Å²) in [4.78, 5) is 11.4. The number of ether oxygens (including phenoxy) is 1. The first-order valence-electron chi connectivity index (χ1n) is 5.99. The van der Waals surface area contributed by atoms with Crippen LogP contribution in [0.3, 0.4) is 0 Å². The van der Waals surface area contributed by atoms with Crippen LogP contribution in [0.5, 0.6) is 0 Å². The van der Waals surface area contributed by atoms with Crippen LogP contribution in [-0.2, 0) is 14.8 Å². The van der Waals surface area contributed by atoms with E-state index >= 15 is 0 Å². The third kappa shape index (κ3) is 3.51. The predicted octanol–water partition coefficient (Wildman–Crippen LogP) is 1.86. The van der Waals surface area contributed by atoms with Gasteiger partial charge in [-0.1, -0.05) is 6.07 Å². The maximum atomic E-state index is 12.3. The zero-order valence-corrected chi connectivity index (χ0v) is 12.1. The van der Waals surface area contributed by atoms with Crippen LogP contribution in [0.15, 0.2) is 53.4 Å². The number of hydrogen-bond acceptors (Lipinski definition) is 5. The number of anilines is 2.